The maximum atomic E-state index is 12.2. The van der Waals surface area contributed by atoms with E-state index in [1.54, 1.807) is 18.5 Å². The van der Waals surface area contributed by atoms with E-state index in [0.717, 1.165) is 49.1 Å². The number of amides is 1. The lowest BCUT2D eigenvalue weighted by Gasteiger charge is -2.29. The number of imidazole rings is 1. The van der Waals surface area contributed by atoms with Gasteiger partial charge in [-0.3, -0.25) is 9.36 Å². The van der Waals surface area contributed by atoms with E-state index >= 15 is 0 Å². The van der Waals surface area contributed by atoms with Crippen molar-refractivity contribution in [1.82, 2.24) is 24.8 Å². The highest BCUT2D eigenvalue weighted by Crippen LogP contribution is 2.32. The molecule has 33 heavy (non-hydrogen) atoms. The van der Waals surface area contributed by atoms with Crippen LogP contribution in [0.5, 0.6) is 0 Å². The van der Waals surface area contributed by atoms with Gasteiger partial charge in [0.1, 0.15) is 11.2 Å². The molecule has 2 aromatic heterocycles. The predicted octanol–water partition coefficient (Wildman–Crippen LogP) is 4.09. The molecule has 7 nitrogen and oxygen atoms in total. The number of halogens is 1. The number of nitrogens with zero attached hydrogens (tertiary/aromatic N) is 4. The summed E-state index contributed by atoms with van der Waals surface area (Å²) >= 11 is 7.41. The Balaban J connectivity index is 1.45. The van der Waals surface area contributed by atoms with Crippen molar-refractivity contribution in [3.63, 3.8) is 0 Å². The highest BCUT2D eigenvalue weighted by Gasteiger charge is 2.20. The van der Waals surface area contributed by atoms with Crippen molar-refractivity contribution in [2.75, 3.05) is 20.1 Å². The summed E-state index contributed by atoms with van der Waals surface area (Å²) in [5.41, 5.74) is 9.97. The summed E-state index contributed by atoms with van der Waals surface area (Å²) in [6, 6.07) is 14.1. The Kier molecular flexibility index (Phi) is 6.16. The van der Waals surface area contributed by atoms with Crippen LogP contribution in [-0.2, 0) is 6.54 Å². The molecule has 0 radical (unpaired) electrons. The van der Waals surface area contributed by atoms with E-state index in [1.165, 1.54) is 16.9 Å². The maximum absolute atomic E-state index is 12.2. The van der Waals surface area contributed by atoms with Crippen LogP contribution in [0.1, 0.15) is 28.1 Å². The number of piperidine rings is 1. The van der Waals surface area contributed by atoms with Crippen LogP contribution in [0.3, 0.4) is 0 Å². The number of fused-ring (bicyclic) bond motifs is 1. The molecule has 9 heteroatoms. The van der Waals surface area contributed by atoms with Crippen molar-refractivity contribution in [3.8, 4) is 16.4 Å². The summed E-state index contributed by atoms with van der Waals surface area (Å²) in [5.74, 6) is -0.513. The molecule has 3 N–H and O–H groups in total. The van der Waals surface area contributed by atoms with Crippen molar-refractivity contribution in [3.05, 3.63) is 64.3 Å². The largest absolute Gasteiger partial charge is 0.365 e. The van der Waals surface area contributed by atoms with E-state index < -0.39 is 5.91 Å². The van der Waals surface area contributed by atoms with E-state index in [2.05, 4.69) is 34.4 Å². The highest BCUT2D eigenvalue weighted by molar-refractivity contribution is 7.16. The Hall–Kier alpha value is -2.78. The molecule has 1 amide bonds. The fourth-order valence-corrected chi connectivity index (χ4v) is 5.32. The molecule has 0 atom stereocenters. The minimum atomic E-state index is -0.513. The number of nitrogens with two attached hydrogens (primary N) is 1. The van der Waals surface area contributed by atoms with Crippen LogP contribution in [-0.4, -0.2) is 51.5 Å². The third kappa shape index (κ3) is 4.65. The third-order valence-electron chi connectivity index (χ3n) is 6.07. The Bertz CT molecular complexity index is 1310. The number of carbonyl (C=O) groups is 1. The molecule has 0 bridgehead atoms. The standard InChI is InChI=1S/C24H25ClN6OS/c1-30-9-7-18(8-10-30)27-13-15-5-6-19-20(11-15)31(14-28-19)24-29-21(22(33-24)23(26)32)16-3-2-4-17(25)12-16/h2-6,11-12,14,18,27H,7-10,13H2,1H3,(H2,26,32). The van der Waals surface area contributed by atoms with E-state index in [1.807, 2.05) is 22.8 Å². The smallest absolute Gasteiger partial charge is 0.261 e. The number of rotatable bonds is 6. The lowest BCUT2D eigenvalue weighted by Crippen LogP contribution is -2.40. The zero-order chi connectivity index (χ0) is 22.9. The van der Waals surface area contributed by atoms with E-state index in [0.29, 0.717) is 26.8 Å². The fourth-order valence-electron chi connectivity index (χ4n) is 4.20. The minimum Gasteiger partial charge on any atom is -0.365 e. The molecule has 2 aromatic carbocycles. The molecule has 170 valence electrons. The third-order valence-corrected chi connectivity index (χ3v) is 7.37. The van der Waals surface area contributed by atoms with Crippen molar-refractivity contribution in [2.45, 2.75) is 25.4 Å². The van der Waals surface area contributed by atoms with Crippen molar-refractivity contribution in [2.24, 2.45) is 5.73 Å². The van der Waals surface area contributed by atoms with Gasteiger partial charge in [-0.05, 0) is 62.8 Å². The monoisotopic (exact) mass is 480 g/mol. The first-order valence-corrected chi connectivity index (χ1v) is 12.1. The Morgan fingerprint density at radius 3 is 2.82 bits per heavy atom. The summed E-state index contributed by atoms with van der Waals surface area (Å²) < 4.78 is 1.92. The van der Waals surface area contributed by atoms with E-state index in [9.17, 15) is 4.79 Å². The van der Waals surface area contributed by atoms with Gasteiger partial charge >= 0.3 is 0 Å². The second kappa shape index (κ2) is 9.23. The summed E-state index contributed by atoms with van der Waals surface area (Å²) in [5, 5.41) is 4.90. The predicted molar refractivity (Wildman–Crippen MR) is 133 cm³/mol. The van der Waals surface area contributed by atoms with Gasteiger partial charge in [0, 0.05) is 23.2 Å². The average Bonchev–Trinajstić information content (AvgIpc) is 3.43. The number of benzene rings is 2. The molecule has 0 unspecified atom stereocenters. The van der Waals surface area contributed by atoms with Crippen LogP contribution in [0.2, 0.25) is 5.02 Å². The molecule has 4 aromatic rings. The Morgan fingerprint density at radius 1 is 1.24 bits per heavy atom. The van der Waals surface area contributed by atoms with Crippen molar-refractivity contribution >= 4 is 39.9 Å². The van der Waals surface area contributed by atoms with E-state index in [4.69, 9.17) is 22.3 Å². The Morgan fingerprint density at radius 2 is 2.06 bits per heavy atom. The van der Waals surface area contributed by atoms with Crippen LogP contribution >= 0.6 is 22.9 Å². The van der Waals surface area contributed by atoms with Crippen LogP contribution in [0.25, 0.3) is 27.4 Å². The van der Waals surface area contributed by atoms with Gasteiger partial charge in [-0.15, -0.1) is 0 Å². The first-order valence-electron chi connectivity index (χ1n) is 10.9. The van der Waals surface area contributed by atoms with Gasteiger partial charge < -0.3 is 16.0 Å². The zero-order valence-corrected chi connectivity index (χ0v) is 19.9. The van der Waals surface area contributed by atoms with Crippen molar-refractivity contribution < 1.29 is 4.79 Å². The first-order chi connectivity index (χ1) is 16.0. The van der Waals surface area contributed by atoms with Crippen LogP contribution in [0, 0.1) is 0 Å². The van der Waals surface area contributed by atoms with Crippen LogP contribution in [0.4, 0.5) is 0 Å². The molecule has 0 aliphatic carbocycles. The number of nitrogens with one attached hydrogen (secondary N) is 1. The summed E-state index contributed by atoms with van der Waals surface area (Å²) in [4.78, 5) is 24.2. The molecule has 0 spiro atoms. The normalized spacial score (nSPS) is 15.3. The lowest BCUT2D eigenvalue weighted by molar-refractivity contribution is 0.100. The molecule has 1 aliphatic rings. The average molecular weight is 481 g/mol. The molecule has 5 rings (SSSR count). The number of hydrogen-bond acceptors (Lipinski definition) is 6. The second-order valence-electron chi connectivity index (χ2n) is 8.44. The van der Waals surface area contributed by atoms with Gasteiger partial charge in [0.25, 0.3) is 5.91 Å². The number of likely N-dealkylation sites (tertiary alicyclic amines) is 1. The second-order valence-corrected chi connectivity index (χ2v) is 9.86. The van der Waals surface area contributed by atoms with Gasteiger partial charge in [0.15, 0.2) is 5.13 Å². The van der Waals surface area contributed by atoms with Gasteiger partial charge in [0.05, 0.1) is 16.7 Å². The van der Waals surface area contributed by atoms with Gasteiger partial charge in [0.2, 0.25) is 0 Å². The summed E-state index contributed by atoms with van der Waals surface area (Å²) in [6.45, 7) is 3.06. The number of aromatic nitrogens is 3. The SMILES string of the molecule is CN1CCC(NCc2ccc3ncn(-c4nc(-c5cccc(Cl)c5)c(C(N)=O)s4)c3c2)CC1. The molecule has 0 saturated carbocycles. The lowest BCUT2D eigenvalue weighted by atomic mass is 10.1. The molecule has 1 aliphatic heterocycles. The molecular weight excluding hydrogens is 456 g/mol. The van der Waals surface area contributed by atoms with Crippen LogP contribution < -0.4 is 11.1 Å². The molecular formula is C24H25ClN6OS. The molecule has 1 fully saturated rings. The quantitative estimate of drug-likeness (QED) is 0.434. The number of carbonyl (C=O) groups excluding carboxylic acids is 1. The number of primary amides is 1. The fraction of sp³-hybridized carbons (Fsp3) is 0.292. The molecule has 1 saturated heterocycles. The van der Waals surface area contributed by atoms with Gasteiger partial charge in [-0.2, -0.15) is 0 Å². The highest BCUT2D eigenvalue weighted by atomic mass is 35.5. The van der Waals surface area contributed by atoms with Gasteiger partial charge in [-0.1, -0.05) is 41.1 Å². The van der Waals surface area contributed by atoms with Crippen molar-refractivity contribution in [1.29, 1.82) is 0 Å². The molecule has 3 heterocycles. The first kappa shape index (κ1) is 22.0. The Labute approximate surface area is 201 Å². The van der Waals surface area contributed by atoms with Crippen LogP contribution in [0.15, 0.2) is 48.8 Å². The van der Waals surface area contributed by atoms with Gasteiger partial charge in [-0.25, -0.2) is 9.97 Å². The zero-order valence-electron chi connectivity index (χ0n) is 18.3. The minimum absolute atomic E-state index is 0.397. The van der Waals surface area contributed by atoms with E-state index in [-0.39, 0.29) is 0 Å². The summed E-state index contributed by atoms with van der Waals surface area (Å²) in [7, 11) is 2.17. The topological polar surface area (TPSA) is 89.1 Å². The maximum Gasteiger partial charge on any atom is 0.261 e. The summed E-state index contributed by atoms with van der Waals surface area (Å²) in [6.07, 6.45) is 4.07. The number of thiazole rings is 1. The number of hydrogen-bond donors (Lipinski definition) is 2.